The van der Waals surface area contributed by atoms with Crippen LogP contribution in [0.25, 0.3) is 40.1 Å². The normalized spacial score (nSPS) is 11.9. The van der Waals surface area contributed by atoms with Crippen LogP contribution < -0.4 is 24.3 Å². The van der Waals surface area contributed by atoms with Crippen molar-refractivity contribution in [3.63, 3.8) is 0 Å². The number of ether oxygens (including phenoxy) is 3. The van der Waals surface area contributed by atoms with E-state index < -0.39 is 4.92 Å². The van der Waals surface area contributed by atoms with E-state index in [1.807, 2.05) is 54.6 Å². The highest BCUT2D eigenvalue weighted by Crippen LogP contribution is 2.34. The summed E-state index contributed by atoms with van der Waals surface area (Å²) in [7, 11) is 1.60. The van der Waals surface area contributed by atoms with Gasteiger partial charge >= 0.3 is 5.69 Å². The number of aromatic nitrogens is 5. The molecule has 0 bridgehead atoms. The Morgan fingerprint density at radius 1 is 0.958 bits per heavy atom. The van der Waals surface area contributed by atoms with Crippen molar-refractivity contribution in [3.8, 4) is 34.2 Å². The highest BCUT2D eigenvalue weighted by Gasteiger charge is 2.20. The Kier molecular flexibility index (Phi) is 9.57. The monoisotopic (exact) mass is 664 g/mol. The van der Waals surface area contributed by atoms with E-state index in [1.54, 1.807) is 49.2 Å². The number of rotatable bonds is 13. The zero-order valence-corrected chi connectivity index (χ0v) is 27.3. The second kappa shape index (κ2) is 14.3. The van der Waals surface area contributed by atoms with Gasteiger partial charge in [-0.3, -0.25) is 14.9 Å². The predicted octanol–water partition coefficient (Wildman–Crippen LogP) is 6.22. The van der Waals surface area contributed by atoms with Crippen molar-refractivity contribution < 1.29 is 19.1 Å². The summed E-state index contributed by atoms with van der Waals surface area (Å²) in [6.07, 6.45) is 9.07. The molecule has 0 unspecified atom stereocenters. The molecular weight excluding hydrogens is 632 g/mol. The first-order chi connectivity index (χ1) is 23.4. The topological polar surface area (TPSA) is 136 Å². The van der Waals surface area contributed by atoms with Crippen molar-refractivity contribution in [3.05, 3.63) is 115 Å². The molecule has 0 saturated carbocycles. The number of nitro benzene ring substituents is 1. The Bertz CT molecular complexity index is 2220. The molecule has 0 spiro atoms. The van der Waals surface area contributed by atoms with Crippen LogP contribution in [0.15, 0.2) is 77.7 Å². The van der Waals surface area contributed by atoms with Gasteiger partial charge in [0, 0.05) is 23.4 Å². The molecule has 12 nitrogen and oxygen atoms in total. The van der Waals surface area contributed by atoms with E-state index in [0.29, 0.717) is 50.2 Å². The van der Waals surface area contributed by atoms with Crippen molar-refractivity contribution in [2.45, 2.75) is 26.7 Å². The molecule has 6 aromatic rings. The number of benzene rings is 3. The van der Waals surface area contributed by atoms with Gasteiger partial charge in [-0.1, -0.05) is 55.0 Å². The largest absolute Gasteiger partial charge is 0.493 e. The first-order valence-electron chi connectivity index (χ1n) is 15.4. The van der Waals surface area contributed by atoms with Crippen molar-refractivity contribution in [2.24, 2.45) is 0 Å². The predicted molar refractivity (Wildman–Crippen MR) is 185 cm³/mol. The summed E-state index contributed by atoms with van der Waals surface area (Å²) in [5.41, 5.74) is 2.70. The van der Waals surface area contributed by atoms with E-state index >= 15 is 0 Å². The van der Waals surface area contributed by atoms with Gasteiger partial charge < -0.3 is 14.2 Å². The minimum absolute atomic E-state index is 0.170. The van der Waals surface area contributed by atoms with Crippen LogP contribution in [0.2, 0.25) is 0 Å². The smallest absolute Gasteiger partial charge is 0.311 e. The molecule has 3 aromatic heterocycles. The molecule has 3 heterocycles. The van der Waals surface area contributed by atoms with Crippen molar-refractivity contribution in [1.29, 1.82) is 0 Å². The lowest BCUT2D eigenvalue weighted by Crippen LogP contribution is -2.23. The Balaban J connectivity index is 1.34. The first-order valence-corrected chi connectivity index (χ1v) is 16.2. The number of unbranched alkanes of at least 4 members (excludes halogenated alkanes) is 1. The summed E-state index contributed by atoms with van der Waals surface area (Å²) >= 11 is 1.19. The second-order valence-corrected chi connectivity index (χ2v) is 11.6. The minimum atomic E-state index is -0.484. The van der Waals surface area contributed by atoms with Crippen LogP contribution in [0.5, 0.6) is 17.2 Å². The average Bonchev–Trinajstić information content (AvgIpc) is 3.79. The van der Waals surface area contributed by atoms with Gasteiger partial charge in [0.15, 0.2) is 23.1 Å². The van der Waals surface area contributed by atoms with E-state index in [9.17, 15) is 14.9 Å². The lowest BCUT2D eigenvalue weighted by Gasteiger charge is -2.10. The Morgan fingerprint density at radius 3 is 2.50 bits per heavy atom. The van der Waals surface area contributed by atoms with Gasteiger partial charge in [-0.05, 0) is 67.5 Å². The van der Waals surface area contributed by atoms with Crippen molar-refractivity contribution in [1.82, 2.24) is 24.4 Å². The maximum atomic E-state index is 13.5. The van der Waals surface area contributed by atoms with Crippen LogP contribution in [0.4, 0.5) is 5.69 Å². The molecule has 0 amide bonds. The molecule has 48 heavy (non-hydrogen) atoms. The molecule has 0 atom stereocenters. The molecule has 0 fully saturated rings. The van der Waals surface area contributed by atoms with Crippen molar-refractivity contribution >= 4 is 40.2 Å². The number of hydrogen-bond donors (Lipinski definition) is 0. The summed E-state index contributed by atoms with van der Waals surface area (Å²) in [6, 6.07) is 19.8. The molecule has 3 aromatic carbocycles. The van der Waals surface area contributed by atoms with Gasteiger partial charge in [-0.2, -0.15) is 14.6 Å². The third-order valence-electron chi connectivity index (χ3n) is 7.35. The fourth-order valence-electron chi connectivity index (χ4n) is 4.98. The van der Waals surface area contributed by atoms with Crippen LogP contribution in [0.3, 0.4) is 0 Å². The SMILES string of the molecule is CCCCOc1ccc(/C=C/c2nc3s/c(=C\c4cn(-c5ccccc5)nc4-c4ccc(OCC)c([N+](=O)[O-])c4)c(=O)n3n2)cc1OC. The maximum absolute atomic E-state index is 13.5. The standard InChI is InChI=1S/C35H32N6O6S/c1-4-6-18-47-29-15-12-23(19-30(29)45-3)13-17-32-36-35-40(37-32)34(42)31(48-35)21-25-22-39(26-10-8-7-9-11-26)38-33(25)24-14-16-28(46-5-2)27(20-24)41(43)44/h7-17,19-22H,4-6,18H2,1-3H3/b17-13+,31-21-. The number of thiazole rings is 1. The van der Waals surface area contributed by atoms with Gasteiger partial charge in [0.1, 0.15) is 5.69 Å². The quantitative estimate of drug-likeness (QED) is 0.0801. The van der Waals surface area contributed by atoms with Crippen LogP contribution in [0.1, 0.15) is 43.6 Å². The summed E-state index contributed by atoms with van der Waals surface area (Å²) in [5, 5.41) is 21.0. The molecule has 0 aliphatic rings. The molecule has 0 aliphatic heterocycles. The summed E-state index contributed by atoms with van der Waals surface area (Å²) < 4.78 is 20.1. The molecule has 244 valence electrons. The third-order valence-corrected chi connectivity index (χ3v) is 8.30. The van der Waals surface area contributed by atoms with Crippen LogP contribution in [0, 0.1) is 10.1 Å². The lowest BCUT2D eigenvalue weighted by molar-refractivity contribution is -0.385. The summed E-state index contributed by atoms with van der Waals surface area (Å²) in [4.78, 5) is 29.8. The maximum Gasteiger partial charge on any atom is 0.311 e. The van der Waals surface area contributed by atoms with Gasteiger partial charge in [0.05, 0.1) is 35.5 Å². The zero-order valence-electron chi connectivity index (χ0n) is 26.5. The van der Waals surface area contributed by atoms with Gasteiger partial charge in [0.2, 0.25) is 4.96 Å². The zero-order chi connectivity index (χ0) is 33.6. The Morgan fingerprint density at radius 2 is 1.77 bits per heavy atom. The van der Waals surface area contributed by atoms with E-state index in [-0.39, 0.29) is 23.6 Å². The van der Waals surface area contributed by atoms with Gasteiger partial charge in [0.25, 0.3) is 5.56 Å². The Labute approximate surface area is 279 Å². The second-order valence-electron chi connectivity index (χ2n) is 10.6. The van der Waals surface area contributed by atoms with Crippen molar-refractivity contribution in [2.75, 3.05) is 20.3 Å². The molecule has 0 aliphatic carbocycles. The average molecular weight is 665 g/mol. The fraction of sp³-hybridized carbons (Fsp3) is 0.200. The van der Waals surface area contributed by atoms with E-state index in [4.69, 9.17) is 19.3 Å². The third kappa shape index (κ3) is 6.81. The minimum Gasteiger partial charge on any atom is -0.493 e. The number of nitrogens with zero attached hydrogens (tertiary/aromatic N) is 6. The highest BCUT2D eigenvalue weighted by molar-refractivity contribution is 7.15. The number of nitro groups is 1. The van der Waals surface area contributed by atoms with Gasteiger partial charge in [-0.25, -0.2) is 4.68 Å². The number of para-hydroxylation sites is 1. The molecule has 0 saturated heterocycles. The van der Waals surface area contributed by atoms with Crippen LogP contribution >= 0.6 is 11.3 Å². The lowest BCUT2D eigenvalue weighted by atomic mass is 10.1. The molecule has 13 heteroatoms. The number of fused-ring (bicyclic) bond motifs is 1. The van der Waals surface area contributed by atoms with E-state index in [2.05, 4.69) is 17.0 Å². The van der Waals surface area contributed by atoms with E-state index in [0.717, 1.165) is 24.1 Å². The molecule has 0 N–H and O–H groups in total. The Hall–Kier alpha value is -5.82. The molecule has 0 radical (unpaired) electrons. The van der Waals surface area contributed by atoms with Crippen LogP contribution in [-0.2, 0) is 0 Å². The summed E-state index contributed by atoms with van der Waals surface area (Å²) in [6.45, 7) is 4.78. The molecule has 6 rings (SSSR count). The van der Waals surface area contributed by atoms with Gasteiger partial charge in [-0.15, -0.1) is 5.10 Å². The van der Waals surface area contributed by atoms with E-state index in [1.165, 1.54) is 21.9 Å². The number of methoxy groups -OCH3 is 1. The number of hydrogen-bond acceptors (Lipinski definition) is 10. The summed E-state index contributed by atoms with van der Waals surface area (Å²) in [5.74, 6) is 1.86. The fourth-order valence-corrected chi connectivity index (χ4v) is 5.89. The van der Waals surface area contributed by atoms with Crippen LogP contribution in [-0.4, -0.2) is 49.6 Å². The molecular formula is C35H32N6O6S. The first kappa shape index (κ1) is 32.1. The highest BCUT2D eigenvalue weighted by atomic mass is 32.1.